The molecule has 0 amide bonds. The lowest BCUT2D eigenvalue weighted by Crippen LogP contribution is -2.61. The van der Waals surface area contributed by atoms with Crippen LogP contribution in [-0.4, -0.2) is 149 Å². The average molecular weight is 621 g/mol. The van der Waals surface area contributed by atoms with Crippen molar-refractivity contribution in [3.05, 3.63) is 23.4 Å². The average Bonchev–Trinajstić information content (AvgIpc) is 2.96. The molecule has 244 valence electrons. The Kier molecular flexibility index (Phi) is 9.68. The molecular formula is C27H40O16. The molecule has 0 aromatic rings. The molecule has 0 aromatic carbocycles. The molecule has 5 aliphatic rings. The third-order valence-electron chi connectivity index (χ3n) is 8.83. The predicted molar refractivity (Wildman–Crippen MR) is 137 cm³/mol. The van der Waals surface area contributed by atoms with Crippen molar-refractivity contribution in [2.24, 2.45) is 11.8 Å². The van der Waals surface area contributed by atoms with Gasteiger partial charge in [-0.2, -0.15) is 0 Å². The number of Topliss-reactive ketones (excluding diaryl/α,β-unsaturated/α-hetero) is 1. The number of ether oxygens (including phenoxy) is 5. The van der Waals surface area contributed by atoms with E-state index in [0.717, 1.165) is 0 Å². The Bertz CT molecular complexity index is 1080. The van der Waals surface area contributed by atoms with Gasteiger partial charge >= 0.3 is 0 Å². The summed E-state index contributed by atoms with van der Waals surface area (Å²) in [6, 6.07) is 0. The molecule has 3 fully saturated rings. The second kappa shape index (κ2) is 12.8. The normalized spacial score (nSPS) is 49.2. The summed E-state index contributed by atoms with van der Waals surface area (Å²) < 4.78 is 28.4. The molecular weight excluding hydrogens is 580 g/mol. The first-order chi connectivity index (χ1) is 20.3. The Labute approximate surface area is 245 Å². The molecule has 5 rings (SSSR count). The number of carbonyl (C=O) groups is 1. The van der Waals surface area contributed by atoms with Gasteiger partial charge in [-0.1, -0.05) is 0 Å². The molecule has 2 aliphatic carbocycles. The third-order valence-corrected chi connectivity index (χ3v) is 8.83. The number of hydrogen-bond donors (Lipinski definition) is 10. The van der Waals surface area contributed by atoms with Gasteiger partial charge in [0, 0.05) is 18.8 Å². The molecule has 16 nitrogen and oxygen atoms in total. The summed E-state index contributed by atoms with van der Waals surface area (Å²) in [6.07, 6.45) is -18.7. The Balaban J connectivity index is 1.38. The summed E-state index contributed by atoms with van der Waals surface area (Å²) in [4.78, 5) is 13.7. The number of allylic oxidation sites excluding steroid dienone is 3. The van der Waals surface area contributed by atoms with Crippen LogP contribution >= 0.6 is 0 Å². The molecule has 3 aliphatic heterocycles. The zero-order valence-corrected chi connectivity index (χ0v) is 23.3. The lowest BCUT2D eigenvalue weighted by atomic mass is 9.76. The third kappa shape index (κ3) is 6.29. The number of carbonyl (C=O) groups excluding carboxylic acids is 1. The maximum atomic E-state index is 13.7. The van der Waals surface area contributed by atoms with E-state index < -0.39 is 116 Å². The van der Waals surface area contributed by atoms with Crippen molar-refractivity contribution in [3.63, 3.8) is 0 Å². The number of aliphatic hydroxyl groups excluding tert-OH is 10. The van der Waals surface area contributed by atoms with E-state index in [-0.39, 0.29) is 37.2 Å². The van der Waals surface area contributed by atoms with E-state index in [2.05, 4.69) is 0 Å². The fourth-order valence-corrected chi connectivity index (χ4v) is 6.24. The minimum atomic E-state index is -1.89. The number of aliphatic hydroxyl groups is 10. The van der Waals surface area contributed by atoms with Crippen LogP contribution in [0.3, 0.4) is 0 Å². The van der Waals surface area contributed by atoms with Crippen molar-refractivity contribution in [1.29, 1.82) is 0 Å². The monoisotopic (exact) mass is 620 g/mol. The number of rotatable bonds is 6. The first kappa shape index (κ1) is 32.5. The van der Waals surface area contributed by atoms with Crippen LogP contribution in [0.2, 0.25) is 0 Å². The summed E-state index contributed by atoms with van der Waals surface area (Å²) in [5, 5.41) is 103. The van der Waals surface area contributed by atoms with Crippen LogP contribution in [0.1, 0.15) is 32.6 Å². The Hall–Kier alpha value is -1.93. The van der Waals surface area contributed by atoms with Crippen molar-refractivity contribution >= 4 is 5.78 Å². The van der Waals surface area contributed by atoms with Gasteiger partial charge in [-0.3, -0.25) is 4.79 Å². The van der Waals surface area contributed by atoms with Crippen molar-refractivity contribution < 1.29 is 79.5 Å². The summed E-state index contributed by atoms with van der Waals surface area (Å²) in [6.45, 7) is 0.885. The molecule has 43 heavy (non-hydrogen) atoms. The van der Waals surface area contributed by atoms with Gasteiger partial charge in [0.2, 0.25) is 17.8 Å². The topological polar surface area (TPSA) is 266 Å². The standard InChI is InChI=1S/C27H40O16/c1-8-17(32)20(35)22(37)26(40-8)39-7-15-18(33)21(36)23(38)27(42-15)43-25-19(34)16-13(31)5-10(28)6-14(16)41-24(25)9-2-3-11(29)12(30)4-9/h3,8-10,12-18,20-23,26-33,35-38H,2,4-7H2,1H3. The number of hydrogen-bond acceptors (Lipinski definition) is 16. The number of ketones is 1. The number of fused-ring (bicyclic) bond motifs is 1. The van der Waals surface area contributed by atoms with Gasteiger partial charge in [0.25, 0.3) is 0 Å². The quantitative estimate of drug-likeness (QED) is 0.136. The fraction of sp³-hybridized carbons (Fsp3) is 0.815. The van der Waals surface area contributed by atoms with E-state index in [0.29, 0.717) is 0 Å². The molecule has 2 saturated heterocycles. The SMILES string of the molecule is CC1OC(OCC2OC(OC3=C(C4CC=C(O)C(O)C4)OC4CC(O)CC(O)C4C3=O)C(O)C(O)C2O)C(O)C(O)C1O. The van der Waals surface area contributed by atoms with Crippen LogP contribution in [0.15, 0.2) is 23.4 Å². The van der Waals surface area contributed by atoms with E-state index in [9.17, 15) is 55.9 Å². The van der Waals surface area contributed by atoms with Crippen LogP contribution < -0.4 is 0 Å². The van der Waals surface area contributed by atoms with E-state index in [1.54, 1.807) is 0 Å². The van der Waals surface area contributed by atoms with E-state index >= 15 is 0 Å². The second-order valence-corrected chi connectivity index (χ2v) is 11.9. The molecule has 10 N–H and O–H groups in total. The Morgan fingerprint density at radius 1 is 0.837 bits per heavy atom. The minimum absolute atomic E-state index is 0.0346. The van der Waals surface area contributed by atoms with Crippen LogP contribution in [0, 0.1) is 11.8 Å². The van der Waals surface area contributed by atoms with Crippen molar-refractivity contribution in [2.45, 2.75) is 118 Å². The van der Waals surface area contributed by atoms with Gasteiger partial charge in [0.15, 0.2) is 6.29 Å². The van der Waals surface area contributed by atoms with Gasteiger partial charge < -0.3 is 74.7 Å². The van der Waals surface area contributed by atoms with Crippen LogP contribution in [0.25, 0.3) is 0 Å². The highest BCUT2D eigenvalue weighted by Crippen LogP contribution is 2.43. The Morgan fingerprint density at radius 2 is 1.51 bits per heavy atom. The molecule has 16 heteroatoms. The molecule has 16 unspecified atom stereocenters. The lowest BCUT2D eigenvalue weighted by molar-refractivity contribution is -0.324. The fourth-order valence-electron chi connectivity index (χ4n) is 6.24. The second-order valence-electron chi connectivity index (χ2n) is 11.9. The summed E-state index contributed by atoms with van der Waals surface area (Å²) in [5.41, 5.74) is 0. The summed E-state index contributed by atoms with van der Waals surface area (Å²) >= 11 is 0. The van der Waals surface area contributed by atoms with Crippen molar-refractivity contribution in [3.8, 4) is 0 Å². The summed E-state index contributed by atoms with van der Waals surface area (Å²) in [7, 11) is 0. The smallest absolute Gasteiger partial charge is 0.229 e. The zero-order valence-electron chi connectivity index (χ0n) is 23.3. The highest BCUT2D eigenvalue weighted by atomic mass is 16.7. The Morgan fingerprint density at radius 3 is 2.21 bits per heavy atom. The first-order valence-corrected chi connectivity index (χ1v) is 14.3. The van der Waals surface area contributed by atoms with Gasteiger partial charge in [-0.25, -0.2) is 0 Å². The first-order valence-electron chi connectivity index (χ1n) is 14.3. The van der Waals surface area contributed by atoms with Gasteiger partial charge in [0.05, 0.1) is 30.8 Å². The molecule has 0 aromatic heterocycles. The van der Waals surface area contributed by atoms with Crippen LogP contribution in [0.5, 0.6) is 0 Å². The highest BCUT2D eigenvalue weighted by Gasteiger charge is 2.52. The molecule has 0 radical (unpaired) electrons. The highest BCUT2D eigenvalue weighted by molar-refractivity contribution is 5.97. The van der Waals surface area contributed by atoms with Crippen molar-refractivity contribution in [1.82, 2.24) is 0 Å². The van der Waals surface area contributed by atoms with Gasteiger partial charge in [-0.15, -0.1) is 0 Å². The van der Waals surface area contributed by atoms with E-state index in [4.69, 9.17) is 23.7 Å². The van der Waals surface area contributed by atoms with Gasteiger partial charge in [-0.05, 0) is 25.8 Å². The van der Waals surface area contributed by atoms with Crippen LogP contribution in [-0.2, 0) is 28.5 Å². The summed E-state index contributed by atoms with van der Waals surface area (Å²) in [5.74, 6) is -3.30. The molecule has 16 atom stereocenters. The lowest BCUT2D eigenvalue weighted by Gasteiger charge is -2.45. The molecule has 3 heterocycles. The van der Waals surface area contributed by atoms with E-state index in [1.807, 2.05) is 0 Å². The molecule has 0 bridgehead atoms. The largest absolute Gasteiger partial charge is 0.510 e. The predicted octanol–water partition coefficient (Wildman–Crippen LogP) is -3.82. The molecule has 0 spiro atoms. The van der Waals surface area contributed by atoms with Gasteiger partial charge in [0.1, 0.15) is 66.5 Å². The maximum Gasteiger partial charge on any atom is 0.229 e. The maximum absolute atomic E-state index is 13.7. The zero-order chi connectivity index (χ0) is 31.3. The van der Waals surface area contributed by atoms with Crippen molar-refractivity contribution in [2.75, 3.05) is 6.61 Å². The molecule has 1 saturated carbocycles. The van der Waals surface area contributed by atoms with Crippen LogP contribution in [0.4, 0.5) is 0 Å². The van der Waals surface area contributed by atoms with E-state index in [1.165, 1.54) is 13.0 Å². The minimum Gasteiger partial charge on any atom is -0.510 e.